The lowest BCUT2D eigenvalue weighted by atomic mass is 10.2. The summed E-state index contributed by atoms with van der Waals surface area (Å²) < 4.78 is 5.12. The van der Waals surface area contributed by atoms with Gasteiger partial charge in [-0.2, -0.15) is 0 Å². The second kappa shape index (κ2) is 6.70. The fourth-order valence-electron chi connectivity index (χ4n) is 2.35. The number of aliphatic hydroxyl groups excluding tert-OH is 2. The van der Waals surface area contributed by atoms with Crippen LogP contribution in [0.25, 0.3) is 0 Å². The van der Waals surface area contributed by atoms with Crippen molar-refractivity contribution in [3.8, 4) is 0 Å². The van der Waals surface area contributed by atoms with Crippen LogP contribution in [0.1, 0.15) is 17.0 Å². The molecule has 0 atom stereocenters. The van der Waals surface area contributed by atoms with E-state index in [1.807, 2.05) is 4.90 Å². The summed E-state index contributed by atoms with van der Waals surface area (Å²) in [7, 11) is 0. The third kappa shape index (κ3) is 3.34. The van der Waals surface area contributed by atoms with E-state index in [4.69, 9.17) is 4.42 Å². The van der Waals surface area contributed by atoms with Gasteiger partial charge in [-0.3, -0.25) is 9.69 Å². The number of amides is 1. The lowest BCUT2D eigenvalue weighted by Gasteiger charge is -2.27. The molecule has 1 saturated heterocycles. The first-order chi connectivity index (χ1) is 9.26. The highest BCUT2D eigenvalue weighted by Crippen LogP contribution is 2.11. The van der Waals surface area contributed by atoms with Gasteiger partial charge in [-0.25, -0.2) is 0 Å². The predicted octanol–water partition coefficient (Wildman–Crippen LogP) is -0.219. The van der Waals surface area contributed by atoms with Crippen molar-refractivity contribution in [2.24, 2.45) is 0 Å². The fraction of sp³-hybridized carbons (Fsp3) is 0.615. The molecule has 19 heavy (non-hydrogen) atoms. The monoisotopic (exact) mass is 268 g/mol. The number of nitrogens with zero attached hydrogens (tertiary/aromatic N) is 2. The zero-order chi connectivity index (χ0) is 13.7. The van der Waals surface area contributed by atoms with Crippen LogP contribution < -0.4 is 0 Å². The summed E-state index contributed by atoms with van der Waals surface area (Å²) in [6.45, 7) is 2.53. The molecule has 1 aliphatic rings. The highest BCUT2D eigenvalue weighted by atomic mass is 16.3. The highest BCUT2D eigenvalue weighted by molar-refractivity contribution is 5.91. The summed E-state index contributed by atoms with van der Waals surface area (Å²) in [6.07, 6.45) is 2.31. The number of hydrogen-bond acceptors (Lipinski definition) is 5. The molecule has 0 radical (unpaired) electrons. The SMILES string of the molecule is O=C(c1ccco1)N1CCCN(C(CO)CO)CC1. The van der Waals surface area contributed by atoms with Gasteiger partial charge < -0.3 is 19.5 Å². The number of aliphatic hydroxyl groups is 2. The standard InChI is InChI=1S/C13H20N2O4/c16-9-11(10-17)14-4-2-5-15(7-6-14)13(18)12-3-1-8-19-12/h1,3,8,11,16-17H,2,4-7,9-10H2. The van der Waals surface area contributed by atoms with Crippen LogP contribution in [0.4, 0.5) is 0 Å². The van der Waals surface area contributed by atoms with Gasteiger partial charge in [-0.1, -0.05) is 0 Å². The first kappa shape index (κ1) is 14.0. The van der Waals surface area contributed by atoms with Gasteiger partial charge in [0.15, 0.2) is 5.76 Å². The minimum absolute atomic E-state index is 0.0668. The normalized spacial score (nSPS) is 17.7. The lowest BCUT2D eigenvalue weighted by molar-refractivity contribution is 0.0674. The summed E-state index contributed by atoms with van der Waals surface area (Å²) >= 11 is 0. The minimum Gasteiger partial charge on any atom is -0.459 e. The Labute approximate surface area is 112 Å². The van der Waals surface area contributed by atoms with Crippen LogP contribution in [-0.2, 0) is 0 Å². The molecule has 0 spiro atoms. The van der Waals surface area contributed by atoms with E-state index in [1.165, 1.54) is 6.26 Å². The van der Waals surface area contributed by atoms with Crippen molar-refractivity contribution >= 4 is 5.91 Å². The Kier molecular flexibility index (Phi) is 4.95. The van der Waals surface area contributed by atoms with E-state index in [1.54, 1.807) is 17.0 Å². The van der Waals surface area contributed by atoms with Gasteiger partial charge in [0.2, 0.25) is 0 Å². The molecule has 1 aromatic heterocycles. The molecule has 1 fully saturated rings. The van der Waals surface area contributed by atoms with E-state index < -0.39 is 0 Å². The van der Waals surface area contributed by atoms with Gasteiger partial charge in [0.25, 0.3) is 5.91 Å². The summed E-state index contributed by atoms with van der Waals surface area (Å²) in [5.74, 6) is 0.255. The zero-order valence-electron chi connectivity index (χ0n) is 10.9. The second-order valence-corrected chi connectivity index (χ2v) is 4.68. The Morgan fingerprint density at radius 1 is 1.26 bits per heavy atom. The number of hydrogen-bond donors (Lipinski definition) is 2. The van der Waals surface area contributed by atoms with Gasteiger partial charge in [0.1, 0.15) is 0 Å². The van der Waals surface area contributed by atoms with Crippen molar-refractivity contribution in [2.45, 2.75) is 12.5 Å². The van der Waals surface area contributed by atoms with E-state index in [9.17, 15) is 15.0 Å². The third-order valence-corrected chi connectivity index (χ3v) is 3.49. The first-order valence-corrected chi connectivity index (χ1v) is 6.54. The topological polar surface area (TPSA) is 77.2 Å². The van der Waals surface area contributed by atoms with Crippen LogP contribution in [0.3, 0.4) is 0 Å². The molecule has 6 nitrogen and oxygen atoms in total. The molecular weight excluding hydrogens is 248 g/mol. The van der Waals surface area contributed by atoms with Crippen LogP contribution in [0.2, 0.25) is 0 Å². The number of carbonyl (C=O) groups excluding carboxylic acids is 1. The Morgan fingerprint density at radius 2 is 2.05 bits per heavy atom. The minimum atomic E-state index is -0.237. The van der Waals surface area contributed by atoms with Crippen molar-refractivity contribution in [3.63, 3.8) is 0 Å². The molecule has 1 amide bonds. The quantitative estimate of drug-likeness (QED) is 0.789. The van der Waals surface area contributed by atoms with Crippen molar-refractivity contribution in [1.29, 1.82) is 0 Å². The van der Waals surface area contributed by atoms with E-state index in [-0.39, 0.29) is 25.2 Å². The van der Waals surface area contributed by atoms with Crippen LogP contribution in [0.5, 0.6) is 0 Å². The molecule has 0 aromatic carbocycles. The van der Waals surface area contributed by atoms with E-state index in [2.05, 4.69) is 0 Å². The van der Waals surface area contributed by atoms with Gasteiger partial charge in [0.05, 0.1) is 25.5 Å². The zero-order valence-corrected chi connectivity index (χ0v) is 10.9. The second-order valence-electron chi connectivity index (χ2n) is 4.68. The molecule has 1 aliphatic heterocycles. The van der Waals surface area contributed by atoms with Crippen molar-refractivity contribution in [2.75, 3.05) is 39.4 Å². The van der Waals surface area contributed by atoms with Gasteiger partial charge in [-0.05, 0) is 18.6 Å². The van der Waals surface area contributed by atoms with Crippen molar-refractivity contribution in [3.05, 3.63) is 24.2 Å². The maximum atomic E-state index is 12.1. The smallest absolute Gasteiger partial charge is 0.289 e. The Morgan fingerprint density at radius 3 is 2.68 bits per heavy atom. The van der Waals surface area contributed by atoms with E-state index in [0.717, 1.165) is 13.0 Å². The average Bonchev–Trinajstić information content (AvgIpc) is 2.86. The summed E-state index contributed by atoms with van der Waals surface area (Å²) in [6, 6.07) is 3.12. The summed E-state index contributed by atoms with van der Waals surface area (Å²) in [5.41, 5.74) is 0. The van der Waals surface area contributed by atoms with E-state index >= 15 is 0 Å². The van der Waals surface area contributed by atoms with Crippen LogP contribution in [0.15, 0.2) is 22.8 Å². The van der Waals surface area contributed by atoms with Crippen LogP contribution in [-0.4, -0.2) is 71.4 Å². The Hall–Kier alpha value is -1.37. The van der Waals surface area contributed by atoms with Gasteiger partial charge >= 0.3 is 0 Å². The van der Waals surface area contributed by atoms with Crippen LogP contribution >= 0.6 is 0 Å². The van der Waals surface area contributed by atoms with Gasteiger partial charge in [-0.15, -0.1) is 0 Å². The maximum absolute atomic E-state index is 12.1. The first-order valence-electron chi connectivity index (χ1n) is 6.54. The van der Waals surface area contributed by atoms with E-state index in [0.29, 0.717) is 25.4 Å². The Bertz CT molecular complexity index is 389. The molecule has 2 heterocycles. The molecule has 0 aliphatic carbocycles. The molecule has 1 aromatic rings. The summed E-state index contributed by atoms with van der Waals surface area (Å²) in [4.78, 5) is 15.9. The van der Waals surface area contributed by atoms with Crippen molar-refractivity contribution in [1.82, 2.24) is 9.80 Å². The molecule has 0 bridgehead atoms. The third-order valence-electron chi connectivity index (χ3n) is 3.49. The van der Waals surface area contributed by atoms with Crippen LogP contribution in [0, 0.1) is 0 Å². The molecular formula is C13H20N2O4. The molecule has 106 valence electrons. The Balaban J connectivity index is 1.95. The number of rotatable bonds is 4. The highest BCUT2D eigenvalue weighted by Gasteiger charge is 2.24. The molecule has 6 heteroatoms. The largest absolute Gasteiger partial charge is 0.459 e. The summed E-state index contributed by atoms with van der Waals surface area (Å²) in [5, 5.41) is 18.4. The predicted molar refractivity (Wildman–Crippen MR) is 68.8 cm³/mol. The molecule has 2 N–H and O–H groups in total. The molecule has 2 rings (SSSR count). The number of furan rings is 1. The number of carbonyl (C=O) groups is 1. The fourth-order valence-corrected chi connectivity index (χ4v) is 2.35. The average molecular weight is 268 g/mol. The molecule has 0 unspecified atom stereocenters. The van der Waals surface area contributed by atoms with Crippen molar-refractivity contribution < 1.29 is 19.4 Å². The maximum Gasteiger partial charge on any atom is 0.289 e. The lowest BCUT2D eigenvalue weighted by Crippen LogP contribution is -2.43. The van der Waals surface area contributed by atoms with Gasteiger partial charge in [0, 0.05) is 26.2 Å². The molecule has 0 saturated carbocycles.